The molecule has 1 saturated carbocycles. The van der Waals surface area contributed by atoms with Crippen LogP contribution in [-0.2, 0) is 39.2 Å². The number of hydrogen-bond donors (Lipinski definition) is 2. The van der Waals surface area contributed by atoms with E-state index in [1.165, 1.54) is 0 Å². The first-order valence-corrected chi connectivity index (χ1v) is 9.40. The van der Waals surface area contributed by atoms with Crippen LogP contribution in [0, 0.1) is 18.3 Å². The zero-order chi connectivity index (χ0) is 13.3. The first-order chi connectivity index (χ1) is 7.58. The maximum Gasteiger partial charge on any atom is 0.325 e. The van der Waals surface area contributed by atoms with Gasteiger partial charge in [-0.05, 0) is 5.92 Å². The Labute approximate surface area is 122 Å². The van der Waals surface area contributed by atoms with Gasteiger partial charge >= 0.3 is 15.2 Å². The fraction of sp³-hybridized carbons (Fsp3) is 0.889. The third kappa shape index (κ3) is 6.95. The summed E-state index contributed by atoms with van der Waals surface area (Å²) in [6.45, 7) is 4.18. The number of hydrogen-bond acceptors (Lipinski definition) is 4. The predicted octanol–water partition coefficient (Wildman–Crippen LogP) is 1.88. The second-order valence-corrected chi connectivity index (χ2v) is 8.24. The average molecular weight is 469 g/mol. The zero-order valence-electron chi connectivity index (χ0n) is 10.6. The molecule has 0 amide bonds. The van der Waals surface area contributed by atoms with Crippen LogP contribution in [0.1, 0.15) is 13.3 Å². The molecule has 1 fully saturated rings. The molecule has 18 heavy (non-hydrogen) atoms. The van der Waals surface area contributed by atoms with E-state index in [0.717, 1.165) is 13.3 Å². The Morgan fingerprint density at radius 3 is 2.28 bits per heavy atom. The van der Waals surface area contributed by atoms with Crippen molar-refractivity contribution >= 4 is 15.2 Å². The van der Waals surface area contributed by atoms with Gasteiger partial charge in [-0.15, -0.1) is 5.92 Å². The van der Waals surface area contributed by atoms with Crippen LogP contribution in [0.5, 0.6) is 0 Å². The van der Waals surface area contributed by atoms with Crippen molar-refractivity contribution in [2.45, 2.75) is 19.4 Å². The molecule has 1 rings (SSSR count). The quantitative estimate of drug-likeness (QED) is 0.472. The molecule has 0 spiro atoms. The van der Waals surface area contributed by atoms with Crippen LogP contribution >= 0.6 is 15.2 Å². The first kappa shape index (κ1) is 19.0. The van der Waals surface area contributed by atoms with E-state index in [4.69, 9.17) is 13.9 Å². The van der Waals surface area contributed by atoms with Gasteiger partial charge in [-0.3, -0.25) is 9.13 Å². The minimum absolute atomic E-state index is 0. The van der Waals surface area contributed by atoms with E-state index < -0.39 is 21.3 Å². The maximum atomic E-state index is 11.2. The molecule has 108 valence electrons. The van der Waals surface area contributed by atoms with E-state index in [-0.39, 0.29) is 39.5 Å². The normalized spacial score (nSPS) is 34.4. The van der Waals surface area contributed by atoms with Crippen LogP contribution in [0.2, 0.25) is 0 Å². The van der Waals surface area contributed by atoms with Crippen LogP contribution < -0.4 is 0 Å². The fourth-order valence-electron chi connectivity index (χ4n) is 1.89. The van der Waals surface area contributed by atoms with E-state index in [9.17, 15) is 14.0 Å². The summed E-state index contributed by atoms with van der Waals surface area (Å²) in [4.78, 5) is 18.3. The van der Waals surface area contributed by atoms with E-state index in [1.54, 1.807) is 0 Å². The van der Waals surface area contributed by atoms with Crippen molar-refractivity contribution in [1.29, 1.82) is 0 Å². The Morgan fingerprint density at radius 2 is 1.83 bits per heavy atom. The molecule has 0 bridgehead atoms. The fourth-order valence-corrected chi connectivity index (χ4v) is 3.18. The maximum absolute atomic E-state index is 11.2. The Bertz CT molecular complexity index is 351. The van der Waals surface area contributed by atoms with Crippen LogP contribution in [0.15, 0.2) is 0 Å². The van der Waals surface area contributed by atoms with Crippen molar-refractivity contribution in [2.24, 2.45) is 11.8 Å². The first-order valence-electron chi connectivity index (χ1n) is 5.35. The van der Waals surface area contributed by atoms with Gasteiger partial charge in [-0.25, -0.2) is 0 Å². The van der Waals surface area contributed by atoms with Gasteiger partial charge in [0.25, 0.3) is 0 Å². The van der Waals surface area contributed by atoms with Crippen molar-refractivity contribution in [2.75, 3.05) is 19.9 Å². The van der Waals surface area contributed by atoms with Gasteiger partial charge in [0.1, 0.15) is 0 Å². The van der Waals surface area contributed by atoms with Crippen molar-refractivity contribution in [3.05, 3.63) is 6.42 Å². The molecule has 0 radical (unpaired) electrons. The monoisotopic (exact) mass is 469 g/mol. The Kier molecular flexibility index (Phi) is 7.52. The molecular weight excluding hydrogens is 450 g/mol. The summed E-state index contributed by atoms with van der Waals surface area (Å²) < 4.78 is 32.2. The van der Waals surface area contributed by atoms with E-state index in [0.29, 0.717) is 6.42 Å². The second kappa shape index (κ2) is 7.13. The summed E-state index contributed by atoms with van der Waals surface area (Å²) in [5.41, 5.74) is 0. The SMILES string of the molecule is C[C@@H]1[CH-]C[C@H](COP(C)(=O)O)C1OP(C)(=O)O.[W]. The third-order valence-corrected chi connectivity index (χ3v) is 3.90. The predicted molar refractivity (Wildman–Crippen MR) is 63.9 cm³/mol. The molecule has 3 unspecified atom stereocenters. The summed E-state index contributed by atoms with van der Waals surface area (Å²) >= 11 is 0. The van der Waals surface area contributed by atoms with Gasteiger partial charge in [-0.2, -0.15) is 6.42 Å². The molecule has 0 heterocycles. The van der Waals surface area contributed by atoms with Crippen LogP contribution in [0.4, 0.5) is 0 Å². The zero-order valence-corrected chi connectivity index (χ0v) is 15.3. The molecule has 0 aromatic rings. The topological polar surface area (TPSA) is 93.1 Å². The molecule has 1 aliphatic rings. The largest absolute Gasteiger partial charge is 0.325 e. The Balaban J connectivity index is 0.00000289. The molecule has 6 nitrogen and oxygen atoms in total. The second-order valence-electron chi connectivity index (χ2n) is 4.56. The minimum Gasteiger partial charge on any atom is -0.324 e. The summed E-state index contributed by atoms with van der Waals surface area (Å²) in [6.07, 6.45) is 2.17. The Morgan fingerprint density at radius 1 is 1.28 bits per heavy atom. The third-order valence-electron chi connectivity index (χ3n) is 2.64. The van der Waals surface area contributed by atoms with Gasteiger partial charge in [0.05, 0.1) is 6.61 Å². The minimum atomic E-state index is -3.56. The standard InChI is InChI=1S/C9H19O6P2.W/c1-7-4-5-8(6-14-16(2,10)11)9(7)15-17(3,12)13;/h4,7-9H,5-6H2,1-3H3,(H,10,11)(H,12,13);/q-1;/t7-,8-,9?;/m1./s1. The van der Waals surface area contributed by atoms with Crippen LogP contribution in [0.25, 0.3) is 0 Å². The smallest absolute Gasteiger partial charge is 0.324 e. The van der Waals surface area contributed by atoms with E-state index in [1.807, 2.05) is 13.3 Å². The van der Waals surface area contributed by atoms with Crippen molar-refractivity contribution < 1.29 is 49.0 Å². The number of rotatable bonds is 5. The van der Waals surface area contributed by atoms with Crippen molar-refractivity contribution in [1.82, 2.24) is 0 Å². The molecule has 0 aromatic heterocycles. The molecule has 0 aromatic carbocycles. The molecule has 0 aliphatic heterocycles. The van der Waals surface area contributed by atoms with Crippen molar-refractivity contribution in [3.63, 3.8) is 0 Å². The molecule has 2 N–H and O–H groups in total. The van der Waals surface area contributed by atoms with E-state index >= 15 is 0 Å². The Hall–Kier alpha value is 0.988. The summed E-state index contributed by atoms with van der Waals surface area (Å²) in [5, 5.41) is 0. The van der Waals surface area contributed by atoms with Gasteiger partial charge in [0.15, 0.2) is 0 Å². The molecule has 1 aliphatic carbocycles. The molecule has 5 atom stereocenters. The summed E-state index contributed by atoms with van der Waals surface area (Å²) in [7, 11) is -7.08. The summed E-state index contributed by atoms with van der Waals surface area (Å²) in [5.74, 6) is -0.134. The van der Waals surface area contributed by atoms with Gasteiger partial charge in [0, 0.05) is 40.5 Å². The van der Waals surface area contributed by atoms with Crippen LogP contribution in [0.3, 0.4) is 0 Å². The molecular formula is C9H19O6P2W-. The van der Waals surface area contributed by atoms with Gasteiger partial charge in [-0.1, -0.05) is 6.92 Å². The summed E-state index contributed by atoms with van der Waals surface area (Å²) in [6, 6.07) is 0. The van der Waals surface area contributed by atoms with E-state index in [2.05, 4.69) is 0 Å². The van der Waals surface area contributed by atoms with Crippen LogP contribution in [-0.4, -0.2) is 35.8 Å². The van der Waals surface area contributed by atoms with Crippen molar-refractivity contribution in [3.8, 4) is 0 Å². The average Bonchev–Trinajstić information content (AvgIpc) is 2.41. The molecule has 0 saturated heterocycles. The molecule has 9 heteroatoms. The van der Waals surface area contributed by atoms with Gasteiger partial charge < -0.3 is 25.3 Å². The van der Waals surface area contributed by atoms with Gasteiger partial charge in [0.2, 0.25) is 0 Å².